The number of hydrogen-bond donors (Lipinski definition) is 0. The molecule has 0 atom stereocenters. The van der Waals surface area contributed by atoms with Gasteiger partial charge in [0.05, 0.1) is 22.9 Å². The average molecular weight is 449 g/mol. The van der Waals surface area contributed by atoms with Crippen molar-refractivity contribution in [3.63, 3.8) is 0 Å². The summed E-state index contributed by atoms with van der Waals surface area (Å²) in [6.45, 7) is 14.9. The predicted molar refractivity (Wildman–Crippen MR) is 132 cm³/mol. The molecule has 1 heterocycles. The topological polar surface area (TPSA) is 72.8 Å². The lowest BCUT2D eigenvalue weighted by molar-refractivity contribution is -0.384. The quantitative estimate of drug-likeness (QED) is 0.196. The standard InChI is InChI=1S/C25H28N4O2S/c1-17(2)15-26-24-28(23(16-32-24)20-9-13-22(14-10-20)29(30)31)27-18(3)19-7-11-21(12-8-19)25(4,5)6/h7-14,16H,1,15H2,2-6H3. The first kappa shape index (κ1) is 23.3. The van der Waals surface area contributed by atoms with E-state index in [1.807, 2.05) is 23.9 Å². The van der Waals surface area contributed by atoms with Crippen molar-refractivity contribution in [3.8, 4) is 11.3 Å². The first-order chi connectivity index (χ1) is 15.1. The molecule has 6 nitrogen and oxygen atoms in total. The van der Waals surface area contributed by atoms with E-state index in [1.165, 1.54) is 29.0 Å². The van der Waals surface area contributed by atoms with E-state index in [9.17, 15) is 10.1 Å². The number of aromatic nitrogens is 1. The van der Waals surface area contributed by atoms with Gasteiger partial charge in [0.25, 0.3) is 5.69 Å². The lowest BCUT2D eigenvalue weighted by atomic mass is 9.86. The van der Waals surface area contributed by atoms with Crippen LogP contribution in [0.2, 0.25) is 0 Å². The molecule has 0 N–H and O–H groups in total. The zero-order valence-electron chi connectivity index (χ0n) is 19.1. The maximum Gasteiger partial charge on any atom is 0.269 e. The minimum absolute atomic E-state index is 0.0568. The third-order valence-electron chi connectivity index (χ3n) is 4.96. The summed E-state index contributed by atoms with van der Waals surface area (Å²) in [5.74, 6) is 0. The molecule has 0 unspecified atom stereocenters. The largest absolute Gasteiger partial charge is 0.269 e. The molecule has 32 heavy (non-hydrogen) atoms. The molecule has 0 aliphatic rings. The Morgan fingerprint density at radius 1 is 1.09 bits per heavy atom. The van der Waals surface area contributed by atoms with E-state index in [0.29, 0.717) is 6.54 Å². The van der Waals surface area contributed by atoms with Crippen molar-refractivity contribution >= 4 is 22.7 Å². The second-order valence-electron chi connectivity index (χ2n) is 8.81. The fourth-order valence-corrected chi connectivity index (χ4v) is 3.91. The van der Waals surface area contributed by atoms with Crippen molar-refractivity contribution in [2.75, 3.05) is 6.54 Å². The van der Waals surface area contributed by atoms with Gasteiger partial charge in [0.2, 0.25) is 4.80 Å². The molecule has 0 saturated heterocycles. The van der Waals surface area contributed by atoms with E-state index in [1.54, 1.807) is 12.1 Å². The molecule has 0 radical (unpaired) electrons. The van der Waals surface area contributed by atoms with Crippen LogP contribution in [0.25, 0.3) is 11.3 Å². The average Bonchev–Trinajstić information content (AvgIpc) is 3.14. The third-order valence-corrected chi connectivity index (χ3v) is 5.82. The van der Waals surface area contributed by atoms with Crippen molar-refractivity contribution in [2.24, 2.45) is 10.1 Å². The van der Waals surface area contributed by atoms with Crippen molar-refractivity contribution in [1.29, 1.82) is 0 Å². The van der Waals surface area contributed by atoms with Gasteiger partial charge in [0.1, 0.15) is 0 Å². The first-order valence-electron chi connectivity index (χ1n) is 10.3. The second kappa shape index (κ2) is 9.44. The summed E-state index contributed by atoms with van der Waals surface area (Å²) in [6, 6.07) is 14.9. The number of thiazole rings is 1. The maximum atomic E-state index is 11.0. The number of nitro benzene ring substituents is 1. The fourth-order valence-electron chi connectivity index (χ4n) is 3.08. The van der Waals surface area contributed by atoms with Crippen LogP contribution < -0.4 is 4.80 Å². The number of rotatable bonds is 6. The van der Waals surface area contributed by atoms with Crippen LogP contribution in [0.1, 0.15) is 45.7 Å². The molecular weight excluding hydrogens is 420 g/mol. The van der Waals surface area contributed by atoms with E-state index in [0.717, 1.165) is 32.9 Å². The third kappa shape index (κ3) is 5.48. The van der Waals surface area contributed by atoms with Crippen LogP contribution in [0.15, 0.2) is 76.2 Å². The van der Waals surface area contributed by atoms with E-state index in [4.69, 9.17) is 5.10 Å². The molecule has 0 amide bonds. The van der Waals surface area contributed by atoms with Gasteiger partial charge in [-0.25, -0.2) is 4.68 Å². The predicted octanol–water partition coefficient (Wildman–Crippen LogP) is 6.17. The van der Waals surface area contributed by atoms with Gasteiger partial charge >= 0.3 is 0 Å². The Morgan fingerprint density at radius 3 is 2.25 bits per heavy atom. The SMILES string of the molecule is C=C(C)CN=c1scc(-c2ccc([N+](=O)[O-])cc2)n1N=C(C)c1ccc(C(C)(C)C)cc1. The highest BCUT2D eigenvalue weighted by Gasteiger charge is 2.14. The van der Waals surface area contributed by atoms with Crippen LogP contribution >= 0.6 is 11.3 Å². The number of benzene rings is 2. The second-order valence-corrected chi connectivity index (χ2v) is 9.64. The Morgan fingerprint density at radius 2 is 1.72 bits per heavy atom. The van der Waals surface area contributed by atoms with Gasteiger partial charge < -0.3 is 0 Å². The molecule has 3 aromatic rings. The highest BCUT2D eigenvalue weighted by Crippen LogP contribution is 2.24. The Balaban J connectivity index is 2.08. The fraction of sp³-hybridized carbons (Fsp3) is 0.280. The van der Waals surface area contributed by atoms with Crippen LogP contribution in [-0.2, 0) is 5.41 Å². The van der Waals surface area contributed by atoms with E-state index in [2.05, 4.69) is 56.6 Å². The van der Waals surface area contributed by atoms with Gasteiger partial charge in [-0.2, -0.15) is 5.10 Å². The lowest BCUT2D eigenvalue weighted by Crippen LogP contribution is -2.15. The summed E-state index contributed by atoms with van der Waals surface area (Å²) in [5.41, 5.74) is 5.91. The Hall–Kier alpha value is -3.32. The smallest absolute Gasteiger partial charge is 0.258 e. The Labute approximate surface area is 192 Å². The van der Waals surface area contributed by atoms with Crippen molar-refractivity contribution < 1.29 is 4.92 Å². The summed E-state index contributed by atoms with van der Waals surface area (Å²) in [5, 5.41) is 17.9. The van der Waals surface area contributed by atoms with Crippen LogP contribution in [0.3, 0.4) is 0 Å². The molecule has 7 heteroatoms. The Bertz CT molecular complexity index is 1220. The molecule has 166 valence electrons. The van der Waals surface area contributed by atoms with Crippen LogP contribution in [0.4, 0.5) is 5.69 Å². The number of hydrogen-bond acceptors (Lipinski definition) is 5. The van der Waals surface area contributed by atoms with Crippen LogP contribution in [-0.4, -0.2) is 21.9 Å². The molecule has 0 aliphatic heterocycles. The van der Waals surface area contributed by atoms with Gasteiger partial charge in [-0.15, -0.1) is 11.3 Å². The molecule has 0 bridgehead atoms. The molecule has 0 saturated carbocycles. The summed E-state index contributed by atoms with van der Waals surface area (Å²) in [4.78, 5) is 16.0. The Kier molecular flexibility index (Phi) is 6.89. The summed E-state index contributed by atoms with van der Waals surface area (Å²) in [7, 11) is 0. The summed E-state index contributed by atoms with van der Waals surface area (Å²) >= 11 is 1.48. The molecule has 1 aromatic heterocycles. The number of nitro groups is 1. The molecule has 2 aromatic carbocycles. The zero-order chi connectivity index (χ0) is 23.5. The molecule has 0 spiro atoms. The minimum atomic E-state index is -0.400. The van der Waals surface area contributed by atoms with Crippen LogP contribution in [0.5, 0.6) is 0 Å². The van der Waals surface area contributed by atoms with Gasteiger partial charge in [-0.3, -0.25) is 15.1 Å². The van der Waals surface area contributed by atoms with Crippen molar-refractivity contribution in [3.05, 3.63) is 92.1 Å². The van der Waals surface area contributed by atoms with Gasteiger partial charge in [-0.05, 0) is 42.5 Å². The number of non-ortho nitro benzene ring substituents is 1. The van der Waals surface area contributed by atoms with Gasteiger partial charge in [0, 0.05) is 23.1 Å². The number of nitrogens with zero attached hydrogens (tertiary/aromatic N) is 4. The molecule has 3 rings (SSSR count). The molecule has 0 fully saturated rings. The van der Waals surface area contributed by atoms with Gasteiger partial charge in [-0.1, -0.05) is 57.2 Å². The van der Waals surface area contributed by atoms with E-state index >= 15 is 0 Å². The molecule has 0 aliphatic carbocycles. The summed E-state index contributed by atoms with van der Waals surface area (Å²) in [6.07, 6.45) is 0. The van der Waals surface area contributed by atoms with Gasteiger partial charge in [0.15, 0.2) is 0 Å². The van der Waals surface area contributed by atoms with Crippen LogP contribution in [0, 0.1) is 10.1 Å². The van der Waals surface area contributed by atoms with Crippen molar-refractivity contribution in [2.45, 2.75) is 40.0 Å². The van der Waals surface area contributed by atoms with E-state index < -0.39 is 4.92 Å². The highest BCUT2D eigenvalue weighted by atomic mass is 32.1. The first-order valence-corrected chi connectivity index (χ1v) is 11.2. The lowest BCUT2D eigenvalue weighted by Gasteiger charge is -2.19. The highest BCUT2D eigenvalue weighted by molar-refractivity contribution is 7.07. The normalized spacial score (nSPS) is 12.8. The van der Waals surface area contributed by atoms with Crippen molar-refractivity contribution in [1.82, 2.24) is 4.68 Å². The minimum Gasteiger partial charge on any atom is -0.258 e. The van der Waals surface area contributed by atoms with E-state index in [-0.39, 0.29) is 11.1 Å². The summed E-state index contributed by atoms with van der Waals surface area (Å²) < 4.78 is 1.81. The maximum absolute atomic E-state index is 11.0. The molecular formula is C25H28N4O2S. The monoisotopic (exact) mass is 448 g/mol. The zero-order valence-corrected chi connectivity index (χ0v) is 19.9.